The van der Waals surface area contributed by atoms with Crippen LogP contribution in [0.1, 0.15) is 11.5 Å². The van der Waals surface area contributed by atoms with Crippen LogP contribution in [0.3, 0.4) is 0 Å². The summed E-state index contributed by atoms with van der Waals surface area (Å²) in [4.78, 5) is 0. The van der Waals surface area contributed by atoms with Gasteiger partial charge in [-0.1, -0.05) is 0 Å². The van der Waals surface area contributed by atoms with Crippen molar-refractivity contribution >= 4 is 0 Å². The van der Waals surface area contributed by atoms with E-state index in [1.54, 1.807) is 12.5 Å². The van der Waals surface area contributed by atoms with Gasteiger partial charge < -0.3 is 8.83 Å². The first-order valence-corrected chi connectivity index (χ1v) is 3.99. The molecule has 0 aromatic carbocycles. The zero-order chi connectivity index (χ0) is 10.8. The molecule has 2 N–H and O–H groups in total. The van der Waals surface area contributed by atoms with Gasteiger partial charge in [0.05, 0.1) is 12.5 Å². The van der Waals surface area contributed by atoms with E-state index in [2.05, 4.69) is 0 Å². The van der Waals surface area contributed by atoms with Crippen molar-refractivity contribution in [2.45, 2.75) is 13.8 Å². The average Bonchev–Trinajstić information content (AvgIpc) is 2.83. The summed E-state index contributed by atoms with van der Waals surface area (Å²) in [5.74, 6) is 1.94. The first-order valence-electron chi connectivity index (χ1n) is 3.99. The van der Waals surface area contributed by atoms with Gasteiger partial charge in [-0.05, 0) is 38.1 Å². The average molecular weight is 198 g/mol. The zero-order valence-electron chi connectivity index (χ0n) is 8.18. The molecule has 2 heterocycles. The molecule has 0 radical (unpaired) electrons. The fourth-order valence-corrected chi connectivity index (χ4v) is 0.721. The smallest absolute Gasteiger partial charge is 0.100 e. The van der Waals surface area contributed by atoms with E-state index in [-0.39, 0.29) is 0 Å². The van der Waals surface area contributed by atoms with Crippen molar-refractivity contribution in [3.8, 4) is 0 Å². The largest absolute Gasteiger partial charge is 0.470 e. The van der Waals surface area contributed by atoms with Crippen LogP contribution in [0.4, 0.5) is 0 Å². The van der Waals surface area contributed by atoms with Crippen LogP contribution in [-0.4, -0.2) is 10.5 Å². The van der Waals surface area contributed by atoms with Gasteiger partial charge in [-0.15, -0.1) is 0 Å². The molecule has 0 bridgehead atoms. The molecular weight excluding hydrogens is 184 g/mol. The van der Waals surface area contributed by atoms with Crippen LogP contribution in [0.2, 0.25) is 0 Å². The minimum absolute atomic E-state index is 0.968. The van der Waals surface area contributed by atoms with Crippen LogP contribution in [0.15, 0.2) is 45.6 Å². The van der Waals surface area contributed by atoms with E-state index in [0.717, 1.165) is 11.5 Å². The molecule has 0 fully saturated rings. The van der Waals surface area contributed by atoms with E-state index in [4.69, 9.17) is 19.3 Å². The highest BCUT2D eigenvalue weighted by Gasteiger charge is 1.76. The summed E-state index contributed by atoms with van der Waals surface area (Å²) < 4.78 is 9.67. The minimum atomic E-state index is 0.968. The van der Waals surface area contributed by atoms with Crippen LogP contribution in [-0.2, 0) is 0 Å². The fraction of sp³-hybridized carbons (Fsp3) is 0.200. The summed E-state index contributed by atoms with van der Waals surface area (Å²) in [6.45, 7) is 3.83. The fourth-order valence-electron chi connectivity index (χ4n) is 0.721. The maximum atomic E-state index is 6.00. The number of hydrogen-bond acceptors (Lipinski definition) is 4. The lowest BCUT2D eigenvalue weighted by atomic mass is 10.5. The molecule has 2 rings (SSSR count). The van der Waals surface area contributed by atoms with Crippen molar-refractivity contribution in [2.24, 2.45) is 0 Å². The SMILES string of the molecule is Cc1ccco1.Cc1ccco1.OO. The van der Waals surface area contributed by atoms with Gasteiger partial charge in [-0.3, -0.25) is 10.5 Å². The van der Waals surface area contributed by atoms with Crippen LogP contribution >= 0.6 is 0 Å². The molecule has 2 aromatic rings. The first-order chi connectivity index (χ1) is 6.79. The molecule has 0 saturated carbocycles. The maximum absolute atomic E-state index is 6.00. The zero-order valence-corrected chi connectivity index (χ0v) is 8.18. The van der Waals surface area contributed by atoms with Crippen molar-refractivity contribution in [1.82, 2.24) is 0 Å². The van der Waals surface area contributed by atoms with Gasteiger partial charge in [0.2, 0.25) is 0 Å². The quantitative estimate of drug-likeness (QED) is 0.504. The third-order valence-corrected chi connectivity index (χ3v) is 1.33. The van der Waals surface area contributed by atoms with Gasteiger partial charge >= 0.3 is 0 Å². The third kappa shape index (κ3) is 6.05. The predicted molar refractivity (Wildman–Crippen MR) is 52.1 cm³/mol. The van der Waals surface area contributed by atoms with E-state index in [9.17, 15) is 0 Å². The second kappa shape index (κ2) is 8.10. The summed E-state index contributed by atoms with van der Waals surface area (Å²) in [5, 5.41) is 12.0. The van der Waals surface area contributed by atoms with Gasteiger partial charge in [-0.2, -0.15) is 0 Å². The minimum Gasteiger partial charge on any atom is -0.470 e. The van der Waals surface area contributed by atoms with Crippen molar-refractivity contribution < 1.29 is 19.3 Å². The van der Waals surface area contributed by atoms with Gasteiger partial charge in [-0.25, -0.2) is 0 Å². The Morgan fingerprint density at radius 2 is 1.21 bits per heavy atom. The van der Waals surface area contributed by atoms with Gasteiger partial charge in [0.25, 0.3) is 0 Å². The Labute approximate surface area is 82.3 Å². The molecule has 4 nitrogen and oxygen atoms in total. The van der Waals surface area contributed by atoms with Crippen molar-refractivity contribution in [3.05, 3.63) is 48.3 Å². The molecule has 14 heavy (non-hydrogen) atoms. The molecule has 78 valence electrons. The normalized spacial score (nSPS) is 8.00. The summed E-state index contributed by atoms with van der Waals surface area (Å²) in [6.07, 6.45) is 3.32. The van der Waals surface area contributed by atoms with E-state index < -0.39 is 0 Å². The summed E-state index contributed by atoms with van der Waals surface area (Å²) in [6, 6.07) is 7.57. The molecule has 4 heteroatoms. The lowest BCUT2D eigenvalue weighted by Crippen LogP contribution is -1.48. The van der Waals surface area contributed by atoms with Crippen molar-refractivity contribution in [2.75, 3.05) is 0 Å². The Hall–Kier alpha value is -1.52. The van der Waals surface area contributed by atoms with E-state index in [0.29, 0.717) is 0 Å². The van der Waals surface area contributed by atoms with Crippen LogP contribution in [0.25, 0.3) is 0 Å². The second-order valence-electron chi connectivity index (χ2n) is 2.45. The maximum Gasteiger partial charge on any atom is 0.100 e. The standard InChI is InChI=1S/2C5H6O.H2O2/c2*1-5-3-2-4-6-5;1-2/h2*2-4H,1H3;1-2H. The van der Waals surface area contributed by atoms with Crippen molar-refractivity contribution in [1.29, 1.82) is 0 Å². The number of aryl methyl sites for hydroxylation is 2. The Bertz CT molecular complexity index is 252. The second-order valence-corrected chi connectivity index (χ2v) is 2.45. The topological polar surface area (TPSA) is 66.7 Å². The molecule has 0 unspecified atom stereocenters. The van der Waals surface area contributed by atoms with Crippen LogP contribution < -0.4 is 0 Å². The van der Waals surface area contributed by atoms with E-state index in [1.807, 2.05) is 38.1 Å². The Morgan fingerprint density at radius 3 is 1.29 bits per heavy atom. The number of hydrogen-bond donors (Lipinski definition) is 2. The molecule has 0 saturated heterocycles. The van der Waals surface area contributed by atoms with Gasteiger partial charge in [0, 0.05) is 0 Å². The lowest BCUT2D eigenvalue weighted by Gasteiger charge is -1.69. The van der Waals surface area contributed by atoms with Crippen LogP contribution in [0, 0.1) is 13.8 Å². The van der Waals surface area contributed by atoms with Crippen molar-refractivity contribution in [3.63, 3.8) is 0 Å². The molecule has 0 aliphatic carbocycles. The molecule has 0 aliphatic heterocycles. The predicted octanol–water partition coefficient (Wildman–Crippen LogP) is 3.19. The molecule has 0 atom stereocenters. The van der Waals surface area contributed by atoms with Crippen LogP contribution in [0.5, 0.6) is 0 Å². The molecule has 0 amide bonds. The highest BCUT2D eigenvalue weighted by Crippen LogP contribution is 1.93. The molecule has 0 spiro atoms. The van der Waals surface area contributed by atoms with E-state index in [1.165, 1.54) is 0 Å². The van der Waals surface area contributed by atoms with Gasteiger partial charge in [0.1, 0.15) is 11.5 Å². The molecular formula is C10H14O4. The summed E-state index contributed by atoms with van der Waals surface area (Å²) in [5.41, 5.74) is 0. The summed E-state index contributed by atoms with van der Waals surface area (Å²) in [7, 11) is 0. The summed E-state index contributed by atoms with van der Waals surface area (Å²) >= 11 is 0. The Kier molecular flexibility index (Phi) is 7.22. The third-order valence-electron chi connectivity index (χ3n) is 1.33. The Morgan fingerprint density at radius 1 is 0.857 bits per heavy atom. The number of furan rings is 2. The highest BCUT2D eigenvalue weighted by molar-refractivity contribution is 4.94. The lowest BCUT2D eigenvalue weighted by molar-refractivity contribution is -0.176. The van der Waals surface area contributed by atoms with Gasteiger partial charge in [0.15, 0.2) is 0 Å². The Balaban J connectivity index is 0.000000206. The highest BCUT2D eigenvalue weighted by atomic mass is 17.0. The van der Waals surface area contributed by atoms with E-state index >= 15 is 0 Å². The number of rotatable bonds is 0. The molecule has 0 aliphatic rings. The monoisotopic (exact) mass is 198 g/mol. The first kappa shape index (κ1) is 12.5. The molecule has 2 aromatic heterocycles.